The maximum absolute atomic E-state index is 2.39. The summed E-state index contributed by atoms with van der Waals surface area (Å²) in [6, 6.07) is 0. The summed E-state index contributed by atoms with van der Waals surface area (Å²) in [5, 5.41) is 0. The highest BCUT2D eigenvalue weighted by Gasteiger charge is 2.25. The molecule has 0 aromatic rings. The molecule has 13 heavy (non-hydrogen) atoms. The average molecular weight is 184 g/mol. The Kier molecular flexibility index (Phi) is 5.02. The van der Waals surface area contributed by atoms with Crippen molar-refractivity contribution in [1.29, 1.82) is 0 Å². The molecule has 0 saturated heterocycles. The molecule has 0 fully saturated rings. The van der Waals surface area contributed by atoms with E-state index in [0.29, 0.717) is 5.41 Å². The molecular formula is C13H28. The van der Waals surface area contributed by atoms with Crippen molar-refractivity contribution in [1.82, 2.24) is 0 Å². The van der Waals surface area contributed by atoms with E-state index in [2.05, 4.69) is 48.5 Å². The standard InChI is InChI=1S/C13H28/c1-8-13(6,7)9-12(10(2)3)11(4)5/h10-12H,8-9H2,1-7H3. The van der Waals surface area contributed by atoms with Crippen LogP contribution in [0.2, 0.25) is 0 Å². The molecule has 0 heterocycles. The van der Waals surface area contributed by atoms with Crippen molar-refractivity contribution in [3.8, 4) is 0 Å². The van der Waals surface area contributed by atoms with Gasteiger partial charge in [0, 0.05) is 0 Å². The number of rotatable bonds is 5. The lowest BCUT2D eigenvalue weighted by Crippen LogP contribution is -2.23. The third-order valence-electron chi connectivity index (χ3n) is 3.46. The maximum Gasteiger partial charge on any atom is -0.0354 e. The smallest absolute Gasteiger partial charge is 0.0354 e. The Labute approximate surface area is 85.1 Å². The molecule has 0 rings (SSSR count). The van der Waals surface area contributed by atoms with Gasteiger partial charge in [0.2, 0.25) is 0 Å². The minimum Gasteiger partial charge on any atom is -0.0649 e. The first-order valence-corrected chi connectivity index (χ1v) is 5.80. The van der Waals surface area contributed by atoms with E-state index in [1.165, 1.54) is 12.8 Å². The van der Waals surface area contributed by atoms with Crippen LogP contribution >= 0.6 is 0 Å². The van der Waals surface area contributed by atoms with Crippen LogP contribution in [-0.4, -0.2) is 0 Å². The van der Waals surface area contributed by atoms with Gasteiger partial charge in [-0.05, 0) is 29.6 Å². The molecule has 0 aliphatic carbocycles. The Hall–Kier alpha value is 0. The molecule has 0 radical (unpaired) electrons. The SMILES string of the molecule is CCC(C)(C)CC(C(C)C)C(C)C. The molecule has 0 aromatic carbocycles. The lowest BCUT2D eigenvalue weighted by atomic mass is 9.72. The van der Waals surface area contributed by atoms with Gasteiger partial charge >= 0.3 is 0 Å². The fourth-order valence-electron chi connectivity index (χ4n) is 2.02. The zero-order valence-electron chi connectivity index (χ0n) is 10.6. The van der Waals surface area contributed by atoms with Gasteiger partial charge in [-0.2, -0.15) is 0 Å². The van der Waals surface area contributed by atoms with E-state index in [9.17, 15) is 0 Å². The molecule has 0 aliphatic rings. The van der Waals surface area contributed by atoms with E-state index < -0.39 is 0 Å². The van der Waals surface area contributed by atoms with Gasteiger partial charge in [0.25, 0.3) is 0 Å². The predicted molar refractivity (Wildman–Crippen MR) is 61.9 cm³/mol. The zero-order valence-corrected chi connectivity index (χ0v) is 10.6. The van der Waals surface area contributed by atoms with Crippen molar-refractivity contribution in [3.63, 3.8) is 0 Å². The van der Waals surface area contributed by atoms with Gasteiger partial charge in [-0.25, -0.2) is 0 Å². The van der Waals surface area contributed by atoms with Crippen LogP contribution in [0.1, 0.15) is 61.3 Å². The van der Waals surface area contributed by atoms with Crippen LogP contribution in [0.5, 0.6) is 0 Å². The Morgan fingerprint density at radius 1 is 0.923 bits per heavy atom. The van der Waals surface area contributed by atoms with Gasteiger partial charge in [0.15, 0.2) is 0 Å². The molecule has 0 spiro atoms. The Bertz CT molecular complexity index is 123. The summed E-state index contributed by atoms with van der Waals surface area (Å²) in [5.41, 5.74) is 0.527. The molecule has 80 valence electrons. The predicted octanol–water partition coefficient (Wildman–Crippen LogP) is 4.74. The van der Waals surface area contributed by atoms with E-state index in [1.54, 1.807) is 0 Å². The van der Waals surface area contributed by atoms with Crippen LogP contribution in [0, 0.1) is 23.2 Å². The Morgan fingerprint density at radius 2 is 1.31 bits per heavy atom. The van der Waals surface area contributed by atoms with Crippen molar-refractivity contribution < 1.29 is 0 Å². The fraction of sp³-hybridized carbons (Fsp3) is 1.00. The molecule has 0 amide bonds. The molecular weight excluding hydrogens is 156 g/mol. The van der Waals surface area contributed by atoms with Crippen LogP contribution < -0.4 is 0 Å². The third kappa shape index (κ3) is 4.69. The van der Waals surface area contributed by atoms with Gasteiger partial charge in [0.05, 0.1) is 0 Å². The highest BCUT2D eigenvalue weighted by Crippen LogP contribution is 2.35. The maximum atomic E-state index is 2.39. The molecule has 0 aliphatic heterocycles. The second-order valence-corrected chi connectivity index (χ2v) is 5.87. The van der Waals surface area contributed by atoms with Gasteiger partial charge in [-0.15, -0.1) is 0 Å². The lowest BCUT2D eigenvalue weighted by Gasteiger charge is -2.33. The molecule has 0 aromatic heterocycles. The third-order valence-corrected chi connectivity index (χ3v) is 3.46. The quantitative estimate of drug-likeness (QED) is 0.579. The van der Waals surface area contributed by atoms with Crippen molar-refractivity contribution in [2.45, 2.75) is 61.3 Å². The fourth-order valence-corrected chi connectivity index (χ4v) is 2.02. The summed E-state index contributed by atoms with van der Waals surface area (Å²) < 4.78 is 0. The number of hydrogen-bond donors (Lipinski definition) is 0. The summed E-state index contributed by atoms with van der Waals surface area (Å²) >= 11 is 0. The van der Waals surface area contributed by atoms with Crippen molar-refractivity contribution in [2.75, 3.05) is 0 Å². The summed E-state index contributed by atoms with van der Waals surface area (Å²) in [4.78, 5) is 0. The van der Waals surface area contributed by atoms with Crippen molar-refractivity contribution in [3.05, 3.63) is 0 Å². The van der Waals surface area contributed by atoms with E-state index in [4.69, 9.17) is 0 Å². The van der Waals surface area contributed by atoms with Gasteiger partial charge < -0.3 is 0 Å². The van der Waals surface area contributed by atoms with Gasteiger partial charge in [-0.3, -0.25) is 0 Å². The lowest BCUT2D eigenvalue weighted by molar-refractivity contribution is 0.172. The summed E-state index contributed by atoms with van der Waals surface area (Å²) in [6.45, 7) is 16.5. The van der Waals surface area contributed by atoms with Crippen LogP contribution in [0.15, 0.2) is 0 Å². The minimum atomic E-state index is 0.527. The van der Waals surface area contributed by atoms with Crippen LogP contribution in [0.4, 0.5) is 0 Å². The molecule has 0 N–H and O–H groups in total. The van der Waals surface area contributed by atoms with E-state index in [0.717, 1.165) is 17.8 Å². The molecule has 0 bridgehead atoms. The Balaban J connectivity index is 4.26. The first kappa shape index (κ1) is 13.0. The molecule has 0 heteroatoms. The second kappa shape index (κ2) is 5.02. The summed E-state index contributed by atoms with van der Waals surface area (Å²) in [5.74, 6) is 2.53. The van der Waals surface area contributed by atoms with Crippen LogP contribution in [0.25, 0.3) is 0 Å². The summed E-state index contributed by atoms with van der Waals surface area (Å²) in [6.07, 6.45) is 2.67. The first-order chi connectivity index (χ1) is 5.80. The minimum absolute atomic E-state index is 0.527. The molecule has 0 saturated carbocycles. The van der Waals surface area contributed by atoms with Crippen molar-refractivity contribution >= 4 is 0 Å². The van der Waals surface area contributed by atoms with Gasteiger partial charge in [-0.1, -0.05) is 54.9 Å². The average Bonchev–Trinajstić information content (AvgIpc) is 1.99. The van der Waals surface area contributed by atoms with Crippen LogP contribution in [0.3, 0.4) is 0 Å². The Morgan fingerprint density at radius 3 is 1.54 bits per heavy atom. The largest absolute Gasteiger partial charge is 0.0649 e. The highest BCUT2D eigenvalue weighted by molar-refractivity contribution is 4.76. The van der Waals surface area contributed by atoms with Gasteiger partial charge in [0.1, 0.15) is 0 Å². The van der Waals surface area contributed by atoms with Crippen molar-refractivity contribution in [2.24, 2.45) is 23.2 Å². The van der Waals surface area contributed by atoms with E-state index >= 15 is 0 Å². The van der Waals surface area contributed by atoms with E-state index in [-0.39, 0.29) is 0 Å². The zero-order chi connectivity index (χ0) is 10.6. The van der Waals surface area contributed by atoms with E-state index in [1.807, 2.05) is 0 Å². The highest BCUT2D eigenvalue weighted by atomic mass is 14.3. The molecule has 0 nitrogen and oxygen atoms in total. The topological polar surface area (TPSA) is 0 Å². The molecule has 0 unspecified atom stereocenters. The summed E-state index contributed by atoms with van der Waals surface area (Å²) in [7, 11) is 0. The monoisotopic (exact) mass is 184 g/mol. The number of hydrogen-bond acceptors (Lipinski definition) is 0. The van der Waals surface area contributed by atoms with Crippen LogP contribution in [-0.2, 0) is 0 Å². The second-order valence-electron chi connectivity index (χ2n) is 5.87. The molecule has 0 atom stereocenters. The first-order valence-electron chi connectivity index (χ1n) is 5.80. The normalized spacial score (nSPS) is 13.4.